The first kappa shape index (κ1) is 15.0. The number of halogens is 2. The van der Waals surface area contributed by atoms with Crippen LogP contribution < -0.4 is 10.6 Å². The summed E-state index contributed by atoms with van der Waals surface area (Å²) >= 11 is 0. The minimum absolute atomic E-state index is 0.201. The second kappa shape index (κ2) is 6.35. The maximum Gasteiger partial charge on any atom is 0.221 e. The molecule has 0 bridgehead atoms. The van der Waals surface area contributed by atoms with E-state index >= 15 is 0 Å². The van der Waals surface area contributed by atoms with Crippen LogP contribution >= 0.6 is 0 Å². The molecule has 0 saturated heterocycles. The molecule has 1 amide bonds. The van der Waals surface area contributed by atoms with Crippen molar-refractivity contribution in [3.05, 3.63) is 59.7 Å². The van der Waals surface area contributed by atoms with Crippen LogP contribution in [0.3, 0.4) is 0 Å². The van der Waals surface area contributed by atoms with Crippen molar-refractivity contribution in [2.75, 3.05) is 10.6 Å². The lowest BCUT2D eigenvalue weighted by Gasteiger charge is -2.17. The lowest BCUT2D eigenvalue weighted by molar-refractivity contribution is -0.114. The molecule has 0 fully saturated rings. The highest BCUT2D eigenvalue weighted by molar-refractivity contribution is 5.89. The van der Waals surface area contributed by atoms with E-state index in [1.807, 2.05) is 6.92 Å². The predicted molar refractivity (Wildman–Crippen MR) is 79.1 cm³/mol. The molecule has 5 heteroatoms. The van der Waals surface area contributed by atoms with Crippen LogP contribution in [0.4, 0.5) is 20.2 Å². The number of hydrogen-bond donors (Lipinski definition) is 2. The Morgan fingerprint density at radius 3 is 2.38 bits per heavy atom. The highest BCUT2D eigenvalue weighted by Gasteiger charge is 2.10. The minimum atomic E-state index is -0.418. The molecule has 0 spiro atoms. The average Bonchev–Trinajstić information content (AvgIpc) is 2.42. The molecular formula is C16H16F2N2O. The van der Waals surface area contributed by atoms with Gasteiger partial charge in [-0.25, -0.2) is 8.78 Å². The van der Waals surface area contributed by atoms with Crippen molar-refractivity contribution in [1.29, 1.82) is 0 Å². The molecule has 0 saturated carbocycles. The smallest absolute Gasteiger partial charge is 0.221 e. The zero-order valence-corrected chi connectivity index (χ0v) is 11.8. The molecular weight excluding hydrogens is 274 g/mol. The summed E-state index contributed by atoms with van der Waals surface area (Å²) < 4.78 is 26.7. The number of rotatable bonds is 4. The molecule has 2 aromatic rings. The van der Waals surface area contributed by atoms with Crippen LogP contribution in [0.1, 0.15) is 25.5 Å². The molecule has 0 aliphatic carbocycles. The van der Waals surface area contributed by atoms with Gasteiger partial charge < -0.3 is 10.6 Å². The van der Waals surface area contributed by atoms with Gasteiger partial charge in [-0.2, -0.15) is 0 Å². The fourth-order valence-corrected chi connectivity index (χ4v) is 1.98. The normalized spacial score (nSPS) is 11.8. The first-order valence-electron chi connectivity index (χ1n) is 6.55. The number of carbonyl (C=O) groups is 1. The monoisotopic (exact) mass is 290 g/mol. The molecule has 3 nitrogen and oxygen atoms in total. The predicted octanol–water partition coefficient (Wildman–Crippen LogP) is 4.10. The van der Waals surface area contributed by atoms with Crippen molar-refractivity contribution in [1.82, 2.24) is 0 Å². The highest BCUT2D eigenvalue weighted by atomic mass is 19.1. The molecule has 0 heterocycles. The van der Waals surface area contributed by atoms with Crippen molar-refractivity contribution >= 4 is 17.3 Å². The molecule has 110 valence electrons. The molecule has 0 aliphatic heterocycles. The molecule has 21 heavy (non-hydrogen) atoms. The summed E-state index contributed by atoms with van der Waals surface area (Å²) in [4.78, 5) is 11.0. The van der Waals surface area contributed by atoms with Gasteiger partial charge in [0.05, 0.1) is 5.69 Å². The number of benzene rings is 2. The van der Waals surface area contributed by atoms with Gasteiger partial charge >= 0.3 is 0 Å². The Morgan fingerprint density at radius 2 is 1.76 bits per heavy atom. The third-order valence-electron chi connectivity index (χ3n) is 3.03. The fraction of sp³-hybridized carbons (Fsp3) is 0.188. The van der Waals surface area contributed by atoms with Crippen molar-refractivity contribution in [3.63, 3.8) is 0 Å². The summed E-state index contributed by atoms with van der Waals surface area (Å²) in [6.07, 6.45) is 0. The SMILES string of the molecule is CC(=O)Nc1ccc(F)c(NC(C)c2ccc(F)cc2)c1. The average molecular weight is 290 g/mol. The molecule has 2 N–H and O–H groups in total. The third-order valence-corrected chi connectivity index (χ3v) is 3.03. The van der Waals surface area contributed by atoms with Gasteiger partial charge in [0.25, 0.3) is 0 Å². The van der Waals surface area contributed by atoms with Crippen molar-refractivity contribution in [2.24, 2.45) is 0 Å². The summed E-state index contributed by atoms with van der Waals surface area (Å²) in [5, 5.41) is 5.61. The quantitative estimate of drug-likeness (QED) is 0.890. The van der Waals surface area contributed by atoms with Gasteiger partial charge in [0, 0.05) is 18.7 Å². The molecule has 2 rings (SSSR count). The summed E-state index contributed by atoms with van der Waals surface area (Å²) in [7, 11) is 0. The van der Waals surface area contributed by atoms with Crippen LogP contribution in [-0.4, -0.2) is 5.91 Å². The topological polar surface area (TPSA) is 41.1 Å². The van der Waals surface area contributed by atoms with Crippen LogP contribution in [0.25, 0.3) is 0 Å². The van der Waals surface area contributed by atoms with Crippen molar-refractivity contribution < 1.29 is 13.6 Å². The maximum atomic E-state index is 13.8. The Hall–Kier alpha value is -2.43. The molecule has 0 aromatic heterocycles. The second-order valence-electron chi connectivity index (χ2n) is 4.79. The summed E-state index contributed by atoms with van der Waals surface area (Å²) in [5.74, 6) is -0.956. The first-order chi connectivity index (χ1) is 9.95. The zero-order valence-electron chi connectivity index (χ0n) is 11.8. The lowest BCUT2D eigenvalue weighted by atomic mass is 10.1. The largest absolute Gasteiger partial charge is 0.376 e. The van der Waals surface area contributed by atoms with E-state index in [4.69, 9.17) is 0 Å². The molecule has 1 unspecified atom stereocenters. The van der Waals surface area contributed by atoms with E-state index < -0.39 is 5.82 Å². The van der Waals surface area contributed by atoms with Gasteiger partial charge in [0.2, 0.25) is 5.91 Å². The Balaban J connectivity index is 2.17. The molecule has 2 aromatic carbocycles. The maximum absolute atomic E-state index is 13.8. The van der Waals surface area contributed by atoms with E-state index in [2.05, 4.69) is 10.6 Å². The van der Waals surface area contributed by atoms with Gasteiger partial charge in [-0.15, -0.1) is 0 Å². The molecule has 1 atom stereocenters. The molecule has 0 aliphatic rings. The van der Waals surface area contributed by atoms with E-state index in [1.54, 1.807) is 12.1 Å². The highest BCUT2D eigenvalue weighted by Crippen LogP contribution is 2.24. The van der Waals surface area contributed by atoms with E-state index in [0.717, 1.165) is 5.56 Å². The van der Waals surface area contributed by atoms with E-state index in [9.17, 15) is 13.6 Å². The Kier molecular flexibility index (Phi) is 4.52. The Bertz CT molecular complexity index is 641. The van der Waals surface area contributed by atoms with Crippen molar-refractivity contribution in [2.45, 2.75) is 19.9 Å². The second-order valence-corrected chi connectivity index (χ2v) is 4.79. The fourth-order valence-electron chi connectivity index (χ4n) is 1.98. The Morgan fingerprint density at radius 1 is 1.10 bits per heavy atom. The van der Waals surface area contributed by atoms with Crippen molar-refractivity contribution in [3.8, 4) is 0 Å². The summed E-state index contributed by atoms with van der Waals surface area (Å²) in [6, 6.07) is 10.1. The van der Waals surface area contributed by atoms with Gasteiger partial charge in [0.15, 0.2) is 0 Å². The van der Waals surface area contributed by atoms with Gasteiger partial charge in [-0.05, 0) is 42.8 Å². The van der Waals surface area contributed by atoms with Crippen LogP contribution in [0.5, 0.6) is 0 Å². The van der Waals surface area contributed by atoms with Crippen LogP contribution in [0.15, 0.2) is 42.5 Å². The van der Waals surface area contributed by atoms with Gasteiger partial charge in [-0.3, -0.25) is 4.79 Å². The number of nitrogens with one attached hydrogen (secondary N) is 2. The zero-order chi connectivity index (χ0) is 15.4. The number of anilines is 2. The van der Waals surface area contributed by atoms with E-state index in [1.165, 1.54) is 37.3 Å². The number of carbonyl (C=O) groups excluding carboxylic acids is 1. The third kappa shape index (κ3) is 4.02. The van der Waals surface area contributed by atoms with Crippen LogP contribution in [0.2, 0.25) is 0 Å². The van der Waals surface area contributed by atoms with Gasteiger partial charge in [-0.1, -0.05) is 12.1 Å². The first-order valence-corrected chi connectivity index (χ1v) is 6.55. The standard InChI is InChI=1S/C16H16F2N2O/c1-10(12-3-5-13(17)6-4-12)19-16-9-14(20-11(2)21)7-8-15(16)18/h3-10,19H,1-2H3,(H,20,21). The van der Waals surface area contributed by atoms with E-state index in [0.29, 0.717) is 5.69 Å². The Labute approximate surface area is 122 Å². The summed E-state index contributed by atoms with van der Waals surface area (Å²) in [6.45, 7) is 3.23. The van der Waals surface area contributed by atoms with E-state index in [-0.39, 0.29) is 23.5 Å². The molecule has 0 radical (unpaired) electrons. The lowest BCUT2D eigenvalue weighted by Crippen LogP contribution is -2.10. The van der Waals surface area contributed by atoms with Crippen LogP contribution in [-0.2, 0) is 4.79 Å². The van der Waals surface area contributed by atoms with Gasteiger partial charge in [0.1, 0.15) is 11.6 Å². The van der Waals surface area contributed by atoms with Crippen LogP contribution in [0, 0.1) is 11.6 Å². The summed E-state index contributed by atoms with van der Waals surface area (Å²) in [5.41, 5.74) is 1.62. The number of hydrogen-bond acceptors (Lipinski definition) is 2. The number of amides is 1. The minimum Gasteiger partial charge on any atom is -0.376 e.